The Morgan fingerprint density at radius 3 is 2.60 bits per heavy atom. The first-order valence-corrected chi connectivity index (χ1v) is 10.4. The van der Waals surface area contributed by atoms with Gasteiger partial charge in [0, 0.05) is 23.7 Å². The maximum Gasteiger partial charge on any atom is 0.258 e. The van der Waals surface area contributed by atoms with Crippen LogP contribution in [0.5, 0.6) is 5.75 Å². The quantitative estimate of drug-likeness (QED) is 0.401. The van der Waals surface area contributed by atoms with E-state index in [9.17, 15) is 4.79 Å². The fourth-order valence-electron chi connectivity index (χ4n) is 3.40. The molecule has 148 valence electrons. The Labute approximate surface area is 176 Å². The molecule has 0 amide bonds. The maximum atomic E-state index is 12.4. The van der Waals surface area contributed by atoms with Crippen LogP contribution in [0.3, 0.4) is 0 Å². The molecule has 0 atom stereocenters. The van der Waals surface area contributed by atoms with Crippen LogP contribution in [0.15, 0.2) is 88.9 Å². The van der Waals surface area contributed by atoms with Crippen molar-refractivity contribution in [1.82, 2.24) is 18.9 Å². The number of benzene rings is 2. The number of ether oxygens (including phenoxy) is 1. The third-order valence-corrected chi connectivity index (χ3v) is 5.81. The van der Waals surface area contributed by atoms with Gasteiger partial charge in [0.2, 0.25) is 0 Å². The Kier molecular flexibility index (Phi) is 4.72. The summed E-state index contributed by atoms with van der Waals surface area (Å²) in [4.78, 5) is 21.8. The fraction of sp³-hybridized carbons (Fsp3) is 0.0870. The van der Waals surface area contributed by atoms with E-state index in [1.54, 1.807) is 35.5 Å². The molecule has 6 nitrogen and oxygen atoms in total. The molecule has 0 N–H and O–H groups in total. The lowest BCUT2D eigenvalue weighted by Crippen LogP contribution is -2.14. The Balaban J connectivity index is 1.53. The van der Waals surface area contributed by atoms with Gasteiger partial charge in [0.05, 0.1) is 23.8 Å². The van der Waals surface area contributed by atoms with Crippen LogP contribution in [0.2, 0.25) is 0 Å². The molecule has 0 unspecified atom stereocenters. The summed E-state index contributed by atoms with van der Waals surface area (Å²) in [6.07, 6.45) is 1.73. The minimum absolute atomic E-state index is 0.0835. The van der Waals surface area contributed by atoms with E-state index in [1.165, 1.54) is 0 Å². The van der Waals surface area contributed by atoms with Crippen molar-refractivity contribution in [3.8, 4) is 11.4 Å². The SMILES string of the molecule is COc1ccc(-n2c(SCc3cc(=O)n4ccccc4n3)nc3ccccc32)cc1. The summed E-state index contributed by atoms with van der Waals surface area (Å²) >= 11 is 1.56. The number of aromatic nitrogens is 4. The van der Waals surface area contributed by atoms with Crippen LogP contribution in [0, 0.1) is 0 Å². The van der Waals surface area contributed by atoms with Crippen molar-refractivity contribution in [2.75, 3.05) is 7.11 Å². The number of rotatable bonds is 5. The van der Waals surface area contributed by atoms with Crippen molar-refractivity contribution in [3.63, 3.8) is 0 Å². The Bertz CT molecular complexity index is 1410. The van der Waals surface area contributed by atoms with E-state index < -0.39 is 0 Å². The highest BCUT2D eigenvalue weighted by Crippen LogP contribution is 2.30. The van der Waals surface area contributed by atoms with E-state index >= 15 is 0 Å². The van der Waals surface area contributed by atoms with Crippen molar-refractivity contribution in [2.45, 2.75) is 10.9 Å². The van der Waals surface area contributed by atoms with Crippen LogP contribution < -0.4 is 10.3 Å². The van der Waals surface area contributed by atoms with Crippen molar-refractivity contribution >= 4 is 28.4 Å². The monoisotopic (exact) mass is 414 g/mol. The molecular weight excluding hydrogens is 396 g/mol. The Hall–Kier alpha value is -3.58. The van der Waals surface area contributed by atoms with Gasteiger partial charge in [-0.2, -0.15) is 0 Å². The van der Waals surface area contributed by atoms with Gasteiger partial charge < -0.3 is 4.74 Å². The largest absolute Gasteiger partial charge is 0.497 e. The van der Waals surface area contributed by atoms with Crippen LogP contribution in [-0.4, -0.2) is 26.0 Å². The molecular formula is C23H18N4O2S. The summed E-state index contributed by atoms with van der Waals surface area (Å²) < 4.78 is 8.95. The second kappa shape index (κ2) is 7.68. The molecule has 0 saturated heterocycles. The van der Waals surface area contributed by atoms with Crippen molar-refractivity contribution in [3.05, 3.63) is 95.0 Å². The van der Waals surface area contributed by atoms with E-state index in [0.717, 1.165) is 33.3 Å². The smallest absolute Gasteiger partial charge is 0.258 e. The van der Waals surface area contributed by atoms with Gasteiger partial charge in [0.1, 0.15) is 11.4 Å². The number of imidazole rings is 1. The highest BCUT2D eigenvalue weighted by Gasteiger charge is 2.14. The molecule has 0 spiro atoms. The maximum absolute atomic E-state index is 12.4. The topological polar surface area (TPSA) is 61.4 Å². The second-order valence-electron chi connectivity index (χ2n) is 6.72. The van der Waals surface area contributed by atoms with E-state index in [4.69, 9.17) is 9.72 Å². The second-order valence-corrected chi connectivity index (χ2v) is 7.66. The van der Waals surface area contributed by atoms with Crippen LogP contribution in [0.4, 0.5) is 0 Å². The van der Waals surface area contributed by atoms with Gasteiger partial charge >= 0.3 is 0 Å². The van der Waals surface area contributed by atoms with Gasteiger partial charge in [-0.05, 0) is 48.5 Å². The van der Waals surface area contributed by atoms with Gasteiger partial charge in [0.25, 0.3) is 5.56 Å². The van der Waals surface area contributed by atoms with E-state index in [1.807, 2.05) is 60.7 Å². The lowest BCUT2D eigenvalue weighted by atomic mass is 10.2. The standard InChI is InChI=1S/C23H18N4O2S/c1-29-18-11-9-17(10-12-18)27-20-7-3-2-6-19(20)25-23(27)30-15-16-14-22(28)26-13-5-4-8-21(26)24-16/h2-14H,15H2,1H3. The minimum Gasteiger partial charge on any atom is -0.497 e. The fourth-order valence-corrected chi connectivity index (χ4v) is 4.32. The molecule has 0 aliphatic carbocycles. The van der Waals surface area contributed by atoms with Crippen LogP contribution in [0.25, 0.3) is 22.4 Å². The summed E-state index contributed by atoms with van der Waals surface area (Å²) in [5.74, 6) is 1.35. The average molecular weight is 414 g/mol. The van der Waals surface area contributed by atoms with E-state index in [-0.39, 0.29) is 5.56 Å². The van der Waals surface area contributed by atoms with Gasteiger partial charge in [-0.25, -0.2) is 9.97 Å². The van der Waals surface area contributed by atoms with Gasteiger partial charge in [-0.15, -0.1) is 0 Å². The molecule has 0 radical (unpaired) electrons. The molecule has 0 saturated carbocycles. The number of fused-ring (bicyclic) bond motifs is 2. The molecule has 7 heteroatoms. The zero-order valence-electron chi connectivity index (χ0n) is 16.2. The van der Waals surface area contributed by atoms with Crippen LogP contribution >= 0.6 is 11.8 Å². The van der Waals surface area contributed by atoms with E-state index in [0.29, 0.717) is 11.4 Å². The summed E-state index contributed by atoms with van der Waals surface area (Å²) in [6.45, 7) is 0. The number of hydrogen-bond donors (Lipinski definition) is 0. The van der Waals surface area contributed by atoms with Crippen molar-refractivity contribution in [1.29, 1.82) is 0 Å². The number of methoxy groups -OCH3 is 1. The molecule has 0 aliphatic heterocycles. The summed E-state index contributed by atoms with van der Waals surface area (Å²) in [5, 5.41) is 0.844. The number of pyridine rings is 1. The molecule has 30 heavy (non-hydrogen) atoms. The molecule has 2 aromatic carbocycles. The molecule has 3 aromatic heterocycles. The Morgan fingerprint density at radius 1 is 0.967 bits per heavy atom. The highest BCUT2D eigenvalue weighted by molar-refractivity contribution is 7.98. The molecule has 0 fully saturated rings. The third kappa shape index (κ3) is 3.33. The molecule has 0 bridgehead atoms. The lowest BCUT2D eigenvalue weighted by Gasteiger charge is -2.10. The first-order valence-electron chi connectivity index (χ1n) is 9.45. The minimum atomic E-state index is -0.0835. The average Bonchev–Trinajstić information content (AvgIpc) is 3.16. The van der Waals surface area contributed by atoms with Crippen LogP contribution in [0.1, 0.15) is 5.69 Å². The highest BCUT2D eigenvalue weighted by atomic mass is 32.2. The lowest BCUT2D eigenvalue weighted by molar-refractivity contribution is 0.414. The first kappa shape index (κ1) is 18.4. The van der Waals surface area contributed by atoms with Gasteiger partial charge in [-0.3, -0.25) is 13.8 Å². The van der Waals surface area contributed by atoms with Gasteiger partial charge in [-0.1, -0.05) is 30.0 Å². The number of para-hydroxylation sites is 2. The number of thioether (sulfide) groups is 1. The van der Waals surface area contributed by atoms with Crippen molar-refractivity contribution < 1.29 is 4.74 Å². The first-order chi connectivity index (χ1) is 14.7. The third-order valence-electron chi connectivity index (χ3n) is 4.83. The number of hydrogen-bond acceptors (Lipinski definition) is 5. The summed E-state index contributed by atoms with van der Waals surface area (Å²) in [7, 11) is 1.65. The molecule has 0 aliphatic rings. The Morgan fingerprint density at radius 2 is 1.77 bits per heavy atom. The summed E-state index contributed by atoms with van der Waals surface area (Å²) in [5.41, 5.74) is 4.23. The van der Waals surface area contributed by atoms with Gasteiger partial charge in [0.15, 0.2) is 5.16 Å². The number of nitrogens with zero attached hydrogens (tertiary/aromatic N) is 4. The predicted octanol–water partition coefficient (Wildman–Crippen LogP) is 4.33. The molecule has 5 aromatic rings. The zero-order valence-corrected chi connectivity index (χ0v) is 17.0. The molecule has 3 heterocycles. The predicted molar refractivity (Wildman–Crippen MR) is 119 cm³/mol. The molecule has 5 rings (SSSR count). The normalized spacial score (nSPS) is 11.2. The zero-order chi connectivity index (χ0) is 20.5. The summed E-state index contributed by atoms with van der Waals surface area (Å²) in [6, 6.07) is 23.0. The van der Waals surface area contributed by atoms with Crippen LogP contribution in [-0.2, 0) is 5.75 Å². The van der Waals surface area contributed by atoms with Crippen molar-refractivity contribution in [2.24, 2.45) is 0 Å². The van der Waals surface area contributed by atoms with E-state index in [2.05, 4.69) is 15.6 Å².